The highest BCUT2D eigenvalue weighted by atomic mass is 16.1. The molecule has 0 bridgehead atoms. The van der Waals surface area contributed by atoms with Gasteiger partial charge in [0.05, 0.1) is 29.5 Å². The van der Waals surface area contributed by atoms with Gasteiger partial charge in [-0.05, 0) is 43.7 Å². The van der Waals surface area contributed by atoms with Crippen LogP contribution in [0.5, 0.6) is 0 Å². The number of hydrogen-bond donors (Lipinski definition) is 0. The van der Waals surface area contributed by atoms with E-state index < -0.39 is 0 Å². The van der Waals surface area contributed by atoms with Gasteiger partial charge in [0.2, 0.25) is 0 Å². The van der Waals surface area contributed by atoms with E-state index >= 15 is 0 Å². The summed E-state index contributed by atoms with van der Waals surface area (Å²) in [5.74, 6) is 0.619. The van der Waals surface area contributed by atoms with E-state index in [1.165, 1.54) is 0 Å². The predicted octanol–water partition coefficient (Wildman–Crippen LogP) is 4.47. The van der Waals surface area contributed by atoms with Gasteiger partial charge < -0.3 is 4.90 Å². The Bertz CT molecular complexity index is 1330. The third kappa shape index (κ3) is 4.09. The van der Waals surface area contributed by atoms with Crippen molar-refractivity contribution in [3.63, 3.8) is 0 Å². The maximum Gasteiger partial charge on any atom is 0.334 e. The molecule has 0 aliphatic rings. The number of imidazole rings is 1. The Kier molecular flexibility index (Phi) is 6.26. The Balaban J connectivity index is 1.83. The van der Waals surface area contributed by atoms with Gasteiger partial charge in [-0.3, -0.25) is 14.5 Å². The fraction of sp³-hybridized carbons (Fsp3) is 0.200. The molecule has 4 rings (SSSR count). The van der Waals surface area contributed by atoms with Crippen molar-refractivity contribution in [2.45, 2.75) is 26.8 Å². The molecule has 0 unspecified atom stereocenters. The summed E-state index contributed by atoms with van der Waals surface area (Å²) in [6.45, 7) is 4.57. The highest BCUT2D eigenvalue weighted by Gasteiger charge is 2.18. The van der Waals surface area contributed by atoms with Gasteiger partial charge in [0.25, 0.3) is 0 Å². The standard InChI is InChI=1S/C25H26N6O/c1-4-13-26-16-19(2)30(21-10-8-14-27-17-21)18-20-9-7-15-28-24(20)31-23-12-6-5-11-22(23)29(3)25(31)32/h5-17H,4,18H2,1-3H3/b19-16+,26-13?. The minimum atomic E-state index is -0.126. The van der Waals surface area contributed by atoms with E-state index in [2.05, 4.69) is 26.8 Å². The Morgan fingerprint density at radius 1 is 1.09 bits per heavy atom. The van der Waals surface area contributed by atoms with Crippen LogP contribution in [0, 0.1) is 0 Å². The van der Waals surface area contributed by atoms with E-state index in [0.717, 1.165) is 34.4 Å². The van der Waals surface area contributed by atoms with E-state index in [1.807, 2.05) is 74.1 Å². The number of allylic oxidation sites excluding steroid dienone is 1. The zero-order chi connectivity index (χ0) is 22.5. The average molecular weight is 427 g/mol. The van der Waals surface area contributed by atoms with Gasteiger partial charge in [0, 0.05) is 43.1 Å². The van der Waals surface area contributed by atoms with Crippen LogP contribution in [0.1, 0.15) is 25.8 Å². The highest BCUT2D eigenvalue weighted by Crippen LogP contribution is 2.24. The molecule has 4 aromatic rings. The fourth-order valence-corrected chi connectivity index (χ4v) is 3.69. The first kappa shape index (κ1) is 21.2. The topological polar surface area (TPSA) is 68.3 Å². The van der Waals surface area contributed by atoms with Crippen LogP contribution < -0.4 is 10.6 Å². The summed E-state index contributed by atoms with van der Waals surface area (Å²) in [6.07, 6.45) is 9.87. The number of nitrogens with zero attached hydrogens (tertiary/aromatic N) is 6. The van der Waals surface area contributed by atoms with Crippen LogP contribution in [-0.2, 0) is 13.6 Å². The van der Waals surface area contributed by atoms with Crippen LogP contribution in [-0.4, -0.2) is 25.3 Å². The summed E-state index contributed by atoms with van der Waals surface area (Å²) in [6, 6.07) is 15.6. The molecule has 0 atom stereocenters. The third-order valence-electron chi connectivity index (χ3n) is 5.30. The Morgan fingerprint density at radius 2 is 1.88 bits per heavy atom. The van der Waals surface area contributed by atoms with Gasteiger partial charge >= 0.3 is 5.69 Å². The normalized spacial score (nSPS) is 12.0. The lowest BCUT2D eigenvalue weighted by atomic mass is 10.2. The summed E-state index contributed by atoms with van der Waals surface area (Å²) >= 11 is 0. The zero-order valence-corrected chi connectivity index (χ0v) is 18.5. The van der Waals surface area contributed by atoms with Gasteiger partial charge in [0.15, 0.2) is 0 Å². The molecule has 0 fully saturated rings. The largest absolute Gasteiger partial charge is 0.338 e. The van der Waals surface area contributed by atoms with Crippen molar-refractivity contribution < 1.29 is 0 Å². The van der Waals surface area contributed by atoms with Gasteiger partial charge in [-0.25, -0.2) is 14.3 Å². The Hall–Kier alpha value is -4.00. The Morgan fingerprint density at radius 3 is 2.62 bits per heavy atom. The molecule has 0 spiro atoms. The van der Waals surface area contributed by atoms with Crippen molar-refractivity contribution in [2.75, 3.05) is 4.90 Å². The quantitative estimate of drug-likeness (QED) is 0.409. The molecule has 3 aromatic heterocycles. The molecule has 0 radical (unpaired) electrons. The first-order chi connectivity index (χ1) is 15.6. The van der Waals surface area contributed by atoms with Crippen molar-refractivity contribution in [2.24, 2.45) is 12.0 Å². The van der Waals surface area contributed by atoms with Crippen LogP contribution in [0.15, 0.2) is 88.8 Å². The van der Waals surface area contributed by atoms with Crippen LogP contribution in [0.2, 0.25) is 0 Å². The van der Waals surface area contributed by atoms with Crippen molar-refractivity contribution in [3.05, 3.63) is 95.1 Å². The molecule has 7 nitrogen and oxygen atoms in total. The average Bonchev–Trinajstić information content (AvgIpc) is 3.08. The van der Waals surface area contributed by atoms with Gasteiger partial charge in [0.1, 0.15) is 5.82 Å². The fourth-order valence-electron chi connectivity index (χ4n) is 3.69. The van der Waals surface area contributed by atoms with Crippen LogP contribution in [0.3, 0.4) is 0 Å². The number of aromatic nitrogens is 4. The second kappa shape index (κ2) is 9.43. The number of aryl methyl sites for hydroxylation is 1. The van der Waals surface area contributed by atoms with Crippen molar-refractivity contribution in [1.29, 1.82) is 0 Å². The molecule has 0 saturated heterocycles. The number of anilines is 1. The number of benzene rings is 1. The lowest BCUT2D eigenvalue weighted by molar-refractivity contribution is 0.815. The molecule has 7 heteroatoms. The van der Waals surface area contributed by atoms with E-state index in [0.29, 0.717) is 12.4 Å². The number of pyridine rings is 2. The number of hydrogen-bond acceptors (Lipinski definition) is 5. The summed E-state index contributed by atoms with van der Waals surface area (Å²) in [7, 11) is 1.78. The Labute approximate surface area is 187 Å². The molecule has 0 aliphatic heterocycles. The molecule has 0 saturated carbocycles. The molecule has 3 heterocycles. The molecule has 32 heavy (non-hydrogen) atoms. The SMILES string of the molecule is CCC=N/C=C(\C)N(Cc1cccnc1-n1c(=O)n(C)c2ccccc21)c1cccnc1. The zero-order valence-electron chi connectivity index (χ0n) is 18.5. The summed E-state index contributed by atoms with van der Waals surface area (Å²) in [5, 5.41) is 0. The van der Waals surface area contributed by atoms with E-state index in [9.17, 15) is 4.79 Å². The number of rotatable bonds is 7. The minimum Gasteiger partial charge on any atom is -0.338 e. The number of fused-ring (bicyclic) bond motifs is 1. The summed E-state index contributed by atoms with van der Waals surface area (Å²) in [5.41, 5.74) is 4.38. The first-order valence-electron chi connectivity index (χ1n) is 10.6. The van der Waals surface area contributed by atoms with Crippen LogP contribution >= 0.6 is 0 Å². The van der Waals surface area contributed by atoms with Crippen LogP contribution in [0.4, 0.5) is 5.69 Å². The van der Waals surface area contributed by atoms with Crippen LogP contribution in [0.25, 0.3) is 16.9 Å². The highest BCUT2D eigenvalue weighted by molar-refractivity contribution is 5.78. The van der Waals surface area contributed by atoms with Crippen molar-refractivity contribution >= 4 is 22.9 Å². The molecule has 0 N–H and O–H groups in total. The lowest BCUT2D eigenvalue weighted by Crippen LogP contribution is -2.25. The van der Waals surface area contributed by atoms with Crippen molar-refractivity contribution in [3.8, 4) is 5.82 Å². The molecule has 0 amide bonds. The molecule has 0 aliphatic carbocycles. The molecule has 162 valence electrons. The monoisotopic (exact) mass is 426 g/mol. The number of aliphatic imine (C=N–C) groups is 1. The molecular weight excluding hydrogens is 400 g/mol. The minimum absolute atomic E-state index is 0.126. The third-order valence-corrected chi connectivity index (χ3v) is 5.30. The maximum absolute atomic E-state index is 13.1. The van der Waals surface area contributed by atoms with E-state index in [4.69, 9.17) is 0 Å². The predicted molar refractivity (Wildman–Crippen MR) is 129 cm³/mol. The lowest BCUT2D eigenvalue weighted by Gasteiger charge is -2.25. The number of para-hydroxylation sites is 2. The summed E-state index contributed by atoms with van der Waals surface area (Å²) in [4.78, 5) is 28.5. The first-order valence-corrected chi connectivity index (χ1v) is 10.6. The summed E-state index contributed by atoms with van der Waals surface area (Å²) < 4.78 is 3.33. The van der Waals surface area contributed by atoms with Crippen molar-refractivity contribution in [1.82, 2.24) is 19.1 Å². The molecule has 1 aromatic carbocycles. The van der Waals surface area contributed by atoms with Gasteiger partial charge in [-0.2, -0.15) is 0 Å². The van der Waals surface area contributed by atoms with Gasteiger partial charge in [-0.15, -0.1) is 0 Å². The second-order valence-electron chi connectivity index (χ2n) is 7.46. The maximum atomic E-state index is 13.1. The van der Waals surface area contributed by atoms with E-state index in [-0.39, 0.29) is 5.69 Å². The van der Waals surface area contributed by atoms with E-state index in [1.54, 1.807) is 28.6 Å². The smallest absolute Gasteiger partial charge is 0.334 e. The molecular formula is C25H26N6O. The van der Waals surface area contributed by atoms with Gasteiger partial charge in [-0.1, -0.05) is 25.1 Å². The second-order valence-corrected chi connectivity index (χ2v) is 7.46.